The third-order valence-electron chi connectivity index (χ3n) is 16.4. The molecule has 9 heteroatoms. The second-order valence-corrected chi connectivity index (χ2v) is 26.2. The summed E-state index contributed by atoms with van der Waals surface area (Å²) in [5, 5.41) is 9.76. The van der Waals surface area contributed by atoms with Gasteiger partial charge in [0.05, 0.1) is 34.4 Å². The Balaban J connectivity index is 4.05. The Bertz CT molecular complexity index is 1660. The van der Waals surface area contributed by atoms with E-state index in [1.807, 2.05) is 21.1 Å². The lowest BCUT2D eigenvalue weighted by atomic mass is 10.0. The van der Waals surface area contributed by atoms with Gasteiger partial charge in [0.15, 0.2) is 6.10 Å². The lowest BCUT2D eigenvalue weighted by Gasteiger charge is -2.25. The number of ether oxygens (including phenoxy) is 4. The molecule has 1 N–H and O–H groups in total. The molecule has 0 aliphatic heterocycles. The van der Waals surface area contributed by atoms with Crippen molar-refractivity contribution in [3.63, 3.8) is 0 Å². The normalized spacial score (nSPS) is 13.1. The molecular formula is C78H142NO8+. The van der Waals surface area contributed by atoms with E-state index in [2.05, 4.69) is 86.8 Å². The van der Waals surface area contributed by atoms with Crippen LogP contribution in [0.5, 0.6) is 0 Å². The third-order valence-corrected chi connectivity index (χ3v) is 16.4. The fourth-order valence-corrected chi connectivity index (χ4v) is 10.8. The van der Waals surface area contributed by atoms with Gasteiger partial charge in [-0.25, -0.2) is 4.79 Å². The summed E-state index contributed by atoms with van der Waals surface area (Å²) in [6.45, 7) is 4.82. The molecule has 0 amide bonds. The van der Waals surface area contributed by atoms with Gasteiger partial charge in [0.2, 0.25) is 0 Å². The molecule has 0 heterocycles. The van der Waals surface area contributed by atoms with Crippen LogP contribution >= 0.6 is 0 Å². The second-order valence-electron chi connectivity index (χ2n) is 26.2. The summed E-state index contributed by atoms with van der Waals surface area (Å²) in [7, 11) is 5.99. The molecule has 0 aliphatic rings. The van der Waals surface area contributed by atoms with Gasteiger partial charge >= 0.3 is 17.9 Å². The first-order valence-corrected chi connectivity index (χ1v) is 37.1. The predicted molar refractivity (Wildman–Crippen MR) is 373 cm³/mol. The molecular weight excluding hydrogens is 1080 g/mol. The van der Waals surface area contributed by atoms with Crippen molar-refractivity contribution in [2.24, 2.45) is 0 Å². The smallest absolute Gasteiger partial charge is 0.361 e. The highest BCUT2D eigenvalue weighted by Gasteiger charge is 2.25. The molecule has 2 atom stereocenters. The fourth-order valence-electron chi connectivity index (χ4n) is 10.8. The number of aliphatic carboxylic acids is 1. The second kappa shape index (κ2) is 68.6. The van der Waals surface area contributed by atoms with E-state index in [-0.39, 0.29) is 38.2 Å². The average molecular weight is 1220 g/mol. The van der Waals surface area contributed by atoms with Crippen molar-refractivity contribution >= 4 is 17.9 Å². The van der Waals surface area contributed by atoms with Crippen molar-refractivity contribution in [3.05, 3.63) is 72.9 Å². The minimum Gasteiger partial charge on any atom is -0.477 e. The Morgan fingerprint density at radius 1 is 0.356 bits per heavy atom. The molecule has 0 spiro atoms. The predicted octanol–water partition coefficient (Wildman–Crippen LogP) is 23.3. The fraction of sp³-hybridized carbons (Fsp3) is 0.808. The van der Waals surface area contributed by atoms with Gasteiger partial charge in [0.25, 0.3) is 6.29 Å². The van der Waals surface area contributed by atoms with Crippen LogP contribution in [0.4, 0.5) is 0 Å². The van der Waals surface area contributed by atoms with Gasteiger partial charge in [0, 0.05) is 12.8 Å². The van der Waals surface area contributed by atoms with Crippen molar-refractivity contribution in [2.45, 2.75) is 360 Å². The van der Waals surface area contributed by atoms with Crippen LogP contribution in [0, 0.1) is 0 Å². The van der Waals surface area contributed by atoms with Crippen LogP contribution in [-0.2, 0) is 33.3 Å². The Hall–Kier alpha value is -3.27. The van der Waals surface area contributed by atoms with Crippen LogP contribution in [-0.4, -0.2) is 87.4 Å². The van der Waals surface area contributed by atoms with E-state index in [1.165, 1.54) is 250 Å². The van der Waals surface area contributed by atoms with E-state index < -0.39 is 18.4 Å². The number of unbranched alkanes of at least 4 members (excludes halogenated alkanes) is 42. The van der Waals surface area contributed by atoms with E-state index >= 15 is 0 Å². The maximum atomic E-state index is 13.0. The summed E-state index contributed by atoms with van der Waals surface area (Å²) in [5.74, 6) is -1.98. The first kappa shape index (κ1) is 83.7. The van der Waals surface area contributed by atoms with Crippen molar-refractivity contribution in [3.8, 4) is 0 Å². The van der Waals surface area contributed by atoms with Crippen LogP contribution in [0.3, 0.4) is 0 Å². The monoisotopic (exact) mass is 1220 g/mol. The van der Waals surface area contributed by atoms with Gasteiger partial charge in [0.1, 0.15) is 13.2 Å². The molecule has 87 heavy (non-hydrogen) atoms. The molecule has 9 nitrogen and oxygen atoms in total. The average Bonchev–Trinajstić information content (AvgIpc) is 3.59. The first-order chi connectivity index (χ1) is 42.6. The minimum absolute atomic E-state index is 0.179. The number of quaternary nitrogens is 1. The van der Waals surface area contributed by atoms with Gasteiger partial charge in [-0.05, 0) is 83.5 Å². The molecule has 0 aromatic carbocycles. The van der Waals surface area contributed by atoms with Gasteiger partial charge in [-0.15, -0.1) is 0 Å². The van der Waals surface area contributed by atoms with Crippen molar-refractivity contribution in [1.82, 2.24) is 0 Å². The number of carbonyl (C=O) groups is 3. The molecule has 506 valence electrons. The van der Waals surface area contributed by atoms with Gasteiger partial charge in [-0.1, -0.05) is 324 Å². The highest BCUT2D eigenvalue weighted by atomic mass is 16.7. The van der Waals surface area contributed by atoms with Crippen LogP contribution in [0.2, 0.25) is 0 Å². The van der Waals surface area contributed by atoms with E-state index in [0.717, 1.165) is 70.6 Å². The zero-order chi connectivity index (χ0) is 63.3. The maximum Gasteiger partial charge on any atom is 0.361 e. The largest absolute Gasteiger partial charge is 0.477 e. The van der Waals surface area contributed by atoms with E-state index in [4.69, 9.17) is 18.9 Å². The molecule has 0 aromatic heterocycles. The Morgan fingerprint density at radius 3 is 0.989 bits per heavy atom. The summed E-state index contributed by atoms with van der Waals surface area (Å²) < 4.78 is 23.0. The van der Waals surface area contributed by atoms with Crippen LogP contribution < -0.4 is 0 Å². The number of esters is 2. The zero-order valence-corrected chi connectivity index (χ0v) is 57.9. The van der Waals surface area contributed by atoms with E-state index in [0.29, 0.717) is 17.4 Å². The highest BCUT2D eigenvalue weighted by Crippen LogP contribution is 2.19. The van der Waals surface area contributed by atoms with Gasteiger partial charge in [-0.2, -0.15) is 0 Å². The molecule has 0 bridgehead atoms. The number of nitrogens with zero attached hydrogens (tertiary/aromatic N) is 1. The number of hydrogen-bond acceptors (Lipinski definition) is 7. The van der Waals surface area contributed by atoms with Crippen molar-refractivity contribution in [1.29, 1.82) is 0 Å². The Kier molecular flexibility index (Phi) is 66.1. The van der Waals surface area contributed by atoms with E-state index in [1.54, 1.807) is 0 Å². The van der Waals surface area contributed by atoms with E-state index in [9.17, 15) is 19.5 Å². The summed E-state index contributed by atoms with van der Waals surface area (Å²) in [6.07, 6.45) is 88.9. The van der Waals surface area contributed by atoms with Crippen LogP contribution in [0.1, 0.15) is 348 Å². The topological polar surface area (TPSA) is 108 Å². The lowest BCUT2D eigenvalue weighted by molar-refractivity contribution is -0.870. The number of carbonyl (C=O) groups excluding carboxylic acids is 2. The molecule has 0 rings (SSSR count). The first-order valence-electron chi connectivity index (χ1n) is 37.1. The number of rotatable bonds is 69. The van der Waals surface area contributed by atoms with Gasteiger partial charge in [-0.3, -0.25) is 9.59 Å². The van der Waals surface area contributed by atoms with Crippen LogP contribution in [0.15, 0.2) is 72.9 Å². The van der Waals surface area contributed by atoms with Crippen molar-refractivity contribution in [2.75, 3.05) is 47.5 Å². The summed E-state index contributed by atoms with van der Waals surface area (Å²) in [4.78, 5) is 37.7. The Morgan fingerprint density at radius 2 is 0.655 bits per heavy atom. The third kappa shape index (κ3) is 70.1. The summed E-state index contributed by atoms with van der Waals surface area (Å²) in [5.41, 5.74) is 0. The minimum atomic E-state index is -1.51. The Labute approximate surface area is 538 Å². The molecule has 0 aliphatic carbocycles. The quantitative estimate of drug-likeness (QED) is 0.0211. The number of allylic oxidation sites excluding steroid dienone is 12. The maximum absolute atomic E-state index is 13.0. The standard InChI is InChI=1S/C78H141NO8/c1-6-8-10-12-14-16-18-20-22-24-26-28-30-32-34-36-37-38-39-41-43-45-47-49-51-53-55-57-59-61-63-65-67-69-76(81)87-74(73-86-78(77(82)83)84-71-70-79(3,4)5)72-85-75(80)68-66-64-62-60-58-56-54-52-50-48-46-44-42-40-35-33-31-29-27-25-23-21-19-17-15-13-11-9-7-2/h8,10,14,16,20,22,25-28,32,34,74,78H,6-7,9,11-13,15,17-19,21,23-24,29-31,33,35-73H2,1-5H3/p+1/b10-8-,16-14-,22-20-,27-25-,28-26-,34-32-. The van der Waals surface area contributed by atoms with Crippen molar-refractivity contribution < 1.29 is 42.9 Å². The summed E-state index contributed by atoms with van der Waals surface area (Å²) >= 11 is 0. The highest BCUT2D eigenvalue weighted by molar-refractivity contribution is 5.71. The number of likely N-dealkylation sites (N-methyl/N-ethyl adjacent to an activating group) is 1. The number of hydrogen-bond donors (Lipinski definition) is 1. The molecule has 0 saturated heterocycles. The number of carboxylic acids is 1. The SMILES string of the molecule is CC/C=C\C/C=C\C/C=C\C/C=C\C/C=C\CCCCCCCCCCCCCCCCCCCC(=O)OC(COC(=O)CCCCCCCCCCCCCCCCCCC/C=C\CCCCCCCCCC)COC(OCC[N+](C)(C)C)C(=O)O. The lowest BCUT2D eigenvalue weighted by Crippen LogP contribution is -2.40. The van der Waals surface area contributed by atoms with Gasteiger partial charge < -0.3 is 28.5 Å². The molecule has 2 unspecified atom stereocenters. The molecule has 0 fully saturated rings. The zero-order valence-electron chi connectivity index (χ0n) is 57.9. The molecule has 0 radical (unpaired) electrons. The van der Waals surface area contributed by atoms with Crippen LogP contribution in [0.25, 0.3) is 0 Å². The molecule has 0 aromatic rings. The summed E-state index contributed by atoms with van der Waals surface area (Å²) in [6, 6.07) is 0. The number of carboxylic acid groups (broad SMARTS) is 1. The molecule has 0 saturated carbocycles.